The highest BCUT2D eigenvalue weighted by Gasteiger charge is 2.21. The summed E-state index contributed by atoms with van der Waals surface area (Å²) in [7, 11) is 0. The van der Waals surface area contributed by atoms with Crippen LogP contribution in [0.5, 0.6) is 0 Å². The Morgan fingerprint density at radius 3 is 3.07 bits per heavy atom. The molecule has 14 heavy (non-hydrogen) atoms. The molecule has 0 aromatic heterocycles. The van der Waals surface area contributed by atoms with Gasteiger partial charge in [-0.25, -0.2) is 0 Å². The molecule has 0 radical (unpaired) electrons. The van der Waals surface area contributed by atoms with Crippen LogP contribution < -0.4 is 0 Å². The molecule has 1 atom stereocenters. The van der Waals surface area contributed by atoms with Gasteiger partial charge < -0.3 is 9.47 Å². The number of rotatable bonds is 3. The highest BCUT2D eigenvalue weighted by molar-refractivity contribution is 5.72. The molecule has 0 N–H and O–H groups in total. The lowest BCUT2D eigenvalue weighted by Crippen LogP contribution is -2.20. The van der Waals surface area contributed by atoms with Crippen molar-refractivity contribution in [1.82, 2.24) is 0 Å². The standard InChI is InChI=1S/C10H16O4/c1-2-13-10(12)7-8-5-3-4-6-9(11)14-8/h8H,2-7H2,1H3/t8-/m1/s1. The lowest BCUT2D eigenvalue weighted by atomic mass is 10.1. The van der Waals surface area contributed by atoms with Crippen LogP contribution in [0.3, 0.4) is 0 Å². The summed E-state index contributed by atoms with van der Waals surface area (Å²) in [6.45, 7) is 2.14. The van der Waals surface area contributed by atoms with Crippen molar-refractivity contribution in [2.45, 2.75) is 45.1 Å². The number of hydrogen-bond acceptors (Lipinski definition) is 4. The first-order valence-corrected chi connectivity index (χ1v) is 5.07. The van der Waals surface area contributed by atoms with E-state index in [1.165, 1.54) is 0 Å². The normalized spacial score (nSPS) is 22.4. The zero-order chi connectivity index (χ0) is 10.4. The number of ether oxygens (including phenoxy) is 2. The minimum Gasteiger partial charge on any atom is -0.466 e. The van der Waals surface area contributed by atoms with Gasteiger partial charge in [0.05, 0.1) is 13.0 Å². The van der Waals surface area contributed by atoms with Crippen LogP contribution in [0.1, 0.15) is 39.0 Å². The first kappa shape index (κ1) is 11.0. The minimum absolute atomic E-state index is 0.194. The first-order valence-electron chi connectivity index (χ1n) is 5.07. The number of hydrogen-bond donors (Lipinski definition) is 0. The van der Waals surface area contributed by atoms with Gasteiger partial charge in [-0.1, -0.05) is 0 Å². The summed E-state index contributed by atoms with van der Waals surface area (Å²) in [4.78, 5) is 22.2. The second kappa shape index (κ2) is 5.62. The van der Waals surface area contributed by atoms with E-state index in [1.807, 2.05) is 0 Å². The van der Waals surface area contributed by atoms with E-state index in [0.29, 0.717) is 13.0 Å². The van der Waals surface area contributed by atoms with E-state index in [0.717, 1.165) is 19.3 Å². The quantitative estimate of drug-likeness (QED) is 0.646. The van der Waals surface area contributed by atoms with E-state index in [9.17, 15) is 9.59 Å². The molecular formula is C10H16O4. The Kier molecular flexibility index (Phi) is 4.43. The van der Waals surface area contributed by atoms with E-state index in [2.05, 4.69) is 0 Å². The SMILES string of the molecule is CCOC(=O)C[C@H]1CCCCC(=O)O1. The second-order valence-electron chi connectivity index (χ2n) is 3.37. The molecule has 0 aromatic rings. The van der Waals surface area contributed by atoms with Crippen LogP contribution in [0.15, 0.2) is 0 Å². The van der Waals surface area contributed by atoms with E-state index < -0.39 is 0 Å². The number of carbonyl (C=O) groups excluding carboxylic acids is 2. The van der Waals surface area contributed by atoms with Gasteiger partial charge in [0.1, 0.15) is 6.10 Å². The summed E-state index contributed by atoms with van der Waals surface area (Å²) in [5.74, 6) is -0.482. The fraction of sp³-hybridized carbons (Fsp3) is 0.800. The van der Waals surface area contributed by atoms with Gasteiger partial charge in [-0.05, 0) is 26.2 Å². The van der Waals surface area contributed by atoms with Crippen molar-refractivity contribution in [2.75, 3.05) is 6.61 Å². The van der Waals surface area contributed by atoms with Crippen molar-refractivity contribution >= 4 is 11.9 Å². The van der Waals surface area contributed by atoms with E-state index in [4.69, 9.17) is 9.47 Å². The van der Waals surface area contributed by atoms with Crippen LogP contribution in [-0.2, 0) is 19.1 Å². The third kappa shape index (κ3) is 3.77. The molecule has 0 aliphatic carbocycles. The first-order chi connectivity index (χ1) is 6.72. The van der Waals surface area contributed by atoms with Gasteiger partial charge in [0.2, 0.25) is 0 Å². The molecule has 1 heterocycles. The largest absolute Gasteiger partial charge is 0.466 e. The average Bonchev–Trinajstić information content (AvgIpc) is 2.30. The van der Waals surface area contributed by atoms with Gasteiger partial charge in [0.25, 0.3) is 0 Å². The van der Waals surface area contributed by atoms with Gasteiger partial charge in [0, 0.05) is 6.42 Å². The van der Waals surface area contributed by atoms with Gasteiger partial charge in [0.15, 0.2) is 0 Å². The molecule has 0 saturated carbocycles. The molecule has 0 aromatic carbocycles. The van der Waals surface area contributed by atoms with Crippen LogP contribution in [0.4, 0.5) is 0 Å². The molecule has 1 aliphatic heterocycles. The van der Waals surface area contributed by atoms with Crippen molar-refractivity contribution in [3.63, 3.8) is 0 Å². The van der Waals surface area contributed by atoms with Gasteiger partial charge in [-0.3, -0.25) is 9.59 Å². The number of carbonyl (C=O) groups is 2. The fourth-order valence-electron chi connectivity index (χ4n) is 1.49. The topological polar surface area (TPSA) is 52.6 Å². The number of cyclic esters (lactones) is 1. The Balaban J connectivity index is 2.34. The zero-order valence-electron chi connectivity index (χ0n) is 8.45. The van der Waals surface area contributed by atoms with Gasteiger partial charge in [-0.15, -0.1) is 0 Å². The maximum Gasteiger partial charge on any atom is 0.309 e. The molecule has 4 nitrogen and oxygen atoms in total. The summed E-state index contributed by atoms with van der Waals surface area (Å²) in [5.41, 5.74) is 0. The zero-order valence-corrected chi connectivity index (χ0v) is 8.45. The van der Waals surface area contributed by atoms with Gasteiger partial charge >= 0.3 is 11.9 Å². The molecule has 0 bridgehead atoms. The third-order valence-electron chi connectivity index (χ3n) is 2.15. The van der Waals surface area contributed by atoms with Crippen molar-refractivity contribution in [1.29, 1.82) is 0 Å². The molecule has 1 fully saturated rings. The third-order valence-corrected chi connectivity index (χ3v) is 2.15. The molecule has 0 unspecified atom stereocenters. The maximum atomic E-state index is 11.1. The average molecular weight is 200 g/mol. The summed E-state index contributed by atoms with van der Waals surface area (Å²) in [5, 5.41) is 0. The Hall–Kier alpha value is -1.06. The van der Waals surface area contributed by atoms with Crippen molar-refractivity contribution in [3.05, 3.63) is 0 Å². The molecule has 0 amide bonds. The van der Waals surface area contributed by atoms with Gasteiger partial charge in [-0.2, -0.15) is 0 Å². The lowest BCUT2D eigenvalue weighted by molar-refractivity contribution is -0.154. The van der Waals surface area contributed by atoms with Crippen LogP contribution in [0.25, 0.3) is 0 Å². The highest BCUT2D eigenvalue weighted by atomic mass is 16.6. The number of esters is 2. The summed E-state index contributed by atoms with van der Waals surface area (Å²) < 4.78 is 9.88. The predicted octanol–water partition coefficient (Wildman–Crippen LogP) is 1.43. The smallest absolute Gasteiger partial charge is 0.309 e. The predicted molar refractivity (Wildman–Crippen MR) is 49.6 cm³/mol. The Labute approximate surface area is 83.6 Å². The lowest BCUT2D eigenvalue weighted by Gasteiger charge is -2.13. The van der Waals surface area contributed by atoms with Crippen LogP contribution in [0.2, 0.25) is 0 Å². The summed E-state index contributed by atoms with van der Waals surface area (Å²) in [6, 6.07) is 0. The van der Waals surface area contributed by atoms with E-state index in [-0.39, 0.29) is 24.5 Å². The second-order valence-corrected chi connectivity index (χ2v) is 3.37. The summed E-state index contributed by atoms with van der Waals surface area (Å²) in [6.07, 6.45) is 2.96. The molecule has 4 heteroatoms. The highest BCUT2D eigenvalue weighted by Crippen LogP contribution is 2.16. The molecule has 1 rings (SSSR count). The van der Waals surface area contributed by atoms with Crippen molar-refractivity contribution in [3.8, 4) is 0 Å². The minimum atomic E-state index is -0.285. The Morgan fingerprint density at radius 2 is 2.36 bits per heavy atom. The van der Waals surface area contributed by atoms with Crippen molar-refractivity contribution in [2.24, 2.45) is 0 Å². The van der Waals surface area contributed by atoms with Crippen LogP contribution in [-0.4, -0.2) is 24.6 Å². The van der Waals surface area contributed by atoms with E-state index in [1.54, 1.807) is 6.92 Å². The Morgan fingerprint density at radius 1 is 1.57 bits per heavy atom. The van der Waals surface area contributed by atoms with Crippen LogP contribution in [0, 0.1) is 0 Å². The summed E-state index contributed by atoms with van der Waals surface area (Å²) >= 11 is 0. The molecule has 0 spiro atoms. The molecule has 1 saturated heterocycles. The van der Waals surface area contributed by atoms with E-state index >= 15 is 0 Å². The maximum absolute atomic E-state index is 11.1. The molecule has 80 valence electrons. The molecular weight excluding hydrogens is 184 g/mol. The monoisotopic (exact) mass is 200 g/mol. The Bertz CT molecular complexity index is 212. The molecule has 1 aliphatic rings. The fourth-order valence-corrected chi connectivity index (χ4v) is 1.49. The van der Waals surface area contributed by atoms with Crippen LogP contribution >= 0.6 is 0 Å². The van der Waals surface area contributed by atoms with Crippen molar-refractivity contribution < 1.29 is 19.1 Å².